The molecule has 2 atom stereocenters. The highest BCUT2D eigenvalue weighted by Crippen LogP contribution is 2.49. The van der Waals surface area contributed by atoms with Crippen molar-refractivity contribution >= 4 is 19.0 Å². The first-order valence-electron chi connectivity index (χ1n) is 9.56. The second-order valence-electron chi connectivity index (χ2n) is 6.79. The Morgan fingerprint density at radius 3 is 2.63 bits per heavy atom. The zero-order valence-electron chi connectivity index (χ0n) is 16.1. The molecule has 27 heavy (non-hydrogen) atoms. The third-order valence-corrected chi connectivity index (χ3v) is 7.82. The number of aryl methyl sites for hydroxylation is 1. The van der Waals surface area contributed by atoms with Crippen molar-refractivity contribution in [2.24, 2.45) is 0 Å². The van der Waals surface area contributed by atoms with Crippen LogP contribution in [0.1, 0.15) is 31.4 Å². The molecule has 0 radical (unpaired) electrons. The van der Waals surface area contributed by atoms with Gasteiger partial charge in [-0.3, -0.25) is 4.79 Å². The summed E-state index contributed by atoms with van der Waals surface area (Å²) in [5.41, 5.74) is 3.14. The van der Waals surface area contributed by atoms with Gasteiger partial charge in [-0.25, -0.2) is 0 Å². The maximum atomic E-state index is 11.8. The zero-order valence-corrected chi connectivity index (χ0v) is 17.0. The summed E-state index contributed by atoms with van der Waals surface area (Å²) in [5.74, 6) is 1.21. The van der Waals surface area contributed by atoms with Crippen molar-refractivity contribution in [2.75, 3.05) is 6.16 Å². The molecule has 2 aliphatic rings. The lowest BCUT2D eigenvalue weighted by atomic mass is 10.1. The number of carbonyl (C=O) groups is 1. The van der Waals surface area contributed by atoms with Crippen LogP contribution in [-0.4, -0.2) is 17.6 Å². The lowest BCUT2D eigenvalue weighted by molar-refractivity contribution is -0.112. The van der Waals surface area contributed by atoms with E-state index in [0.717, 1.165) is 18.6 Å². The highest BCUT2D eigenvalue weighted by atomic mass is 31.1. The van der Waals surface area contributed by atoms with E-state index in [2.05, 4.69) is 36.4 Å². The monoisotopic (exact) mass is 378 g/mol. The molecule has 4 rings (SSSR count). The predicted octanol–water partition coefficient (Wildman–Crippen LogP) is 5.41. The quantitative estimate of drug-likeness (QED) is 0.527. The molecule has 0 amide bonds. The van der Waals surface area contributed by atoms with Gasteiger partial charge in [0.15, 0.2) is 5.78 Å². The van der Waals surface area contributed by atoms with Gasteiger partial charge in [-0.1, -0.05) is 62.5 Å². The van der Waals surface area contributed by atoms with Gasteiger partial charge in [0.1, 0.15) is 12.4 Å². The molecule has 2 aliphatic heterocycles. The number of benzene rings is 2. The van der Waals surface area contributed by atoms with Crippen LogP contribution in [0.5, 0.6) is 5.75 Å². The summed E-state index contributed by atoms with van der Waals surface area (Å²) in [7, 11) is -0.359. The Kier molecular flexibility index (Phi) is 7.01. The van der Waals surface area contributed by atoms with E-state index < -0.39 is 0 Å². The van der Waals surface area contributed by atoms with Crippen molar-refractivity contribution in [3.63, 3.8) is 0 Å². The fourth-order valence-corrected chi connectivity index (χ4v) is 6.10. The molecule has 0 aliphatic carbocycles. The van der Waals surface area contributed by atoms with Gasteiger partial charge >= 0.3 is 0 Å². The Morgan fingerprint density at radius 1 is 1.11 bits per heavy atom. The Labute approximate surface area is 163 Å². The molecular weight excluding hydrogens is 351 g/mol. The van der Waals surface area contributed by atoms with E-state index in [1.165, 1.54) is 16.4 Å². The maximum Gasteiger partial charge on any atom is 0.159 e. The molecule has 2 heterocycles. The fraction of sp³-hybridized carbons (Fsp3) is 0.292. The first-order chi connectivity index (χ1) is 13.2. The molecule has 2 nitrogen and oxygen atoms in total. The zero-order chi connectivity index (χ0) is 19.1. The molecule has 2 unspecified atom stereocenters. The van der Waals surface area contributed by atoms with Crippen molar-refractivity contribution in [3.05, 3.63) is 84.0 Å². The Hall–Kier alpha value is -2.18. The van der Waals surface area contributed by atoms with Crippen LogP contribution >= 0.6 is 7.92 Å². The molecule has 0 saturated heterocycles. The van der Waals surface area contributed by atoms with Crippen LogP contribution < -0.4 is 10.0 Å². The van der Waals surface area contributed by atoms with E-state index in [1.54, 1.807) is 6.08 Å². The highest BCUT2D eigenvalue weighted by Gasteiger charge is 2.31. The van der Waals surface area contributed by atoms with Crippen LogP contribution in [0, 0.1) is 0 Å². The third kappa shape index (κ3) is 5.17. The molecule has 3 heteroatoms. The average molecular weight is 378 g/mol. The van der Waals surface area contributed by atoms with Crippen molar-refractivity contribution in [3.8, 4) is 5.75 Å². The summed E-state index contributed by atoms with van der Waals surface area (Å²) in [6.45, 7) is 4.60. The van der Waals surface area contributed by atoms with Crippen LogP contribution in [0.25, 0.3) is 0 Å². The molecule has 0 N–H and O–H groups in total. The molecule has 0 spiro atoms. The normalized spacial score (nSPS) is 20.4. The fourth-order valence-electron chi connectivity index (χ4n) is 3.35. The smallest absolute Gasteiger partial charge is 0.159 e. The number of fused-ring (bicyclic) bond motifs is 3. The van der Waals surface area contributed by atoms with E-state index in [-0.39, 0.29) is 13.7 Å². The van der Waals surface area contributed by atoms with Gasteiger partial charge in [0.25, 0.3) is 0 Å². The van der Waals surface area contributed by atoms with E-state index in [0.29, 0.717) is 18.4 Å². The maximum absolute atomic E-state index is 11.8. The number of ether oxygens (including phenoxy) is 1. The largest absolute Gasteiger partial charge is 0.489 e. The summed E-state index contributed by atoms with van der Waals surface area (Å²) >= 11 is 0. The minimum Gasteiger partial charge on any atom is -0.489 e. The lowest BCUT2D eigenvalue weighted by Gasteiger charge is -2.34. The van der Waals surface area contributed by atoms with Crippen LogP contribution in [0.2, 0.25) is 0 Å². The summed E-state index contributed by atoms with van der Waals surface area (Å²) < 4.78 is 5.94. The van der Waals surface area contributed by atoms with Crippen LogP contribution in [-0.2, 0) is 17.8 Å². The predicted molar refractivity (Wildman–Crippen MR) is 115 cm³/mol. The van der Waals surface area contributed by atoms with E-state index >= 15 is 0 Å². The number of hydrogen-bond acceptors (Lipinski definition) is 2. The molecule has 0 saturated carbocycles. The van der Waals surface area contributed by atoms with Crippen LogP contribution in [0.4, 0.5) is 0 Å². The summed E-state index contributed by atoms with van der Waals surface area (Å²) in [6.07, 6.45) is 10.9. The van der Waals surface area contributed by atoms with Crippen LogP contribution in [0.15, 0.2) is 72.8 Å². The number of carbonyl (C=O) groups excluding carboxylic acids is 1. The van der Waals surface area contributed by atoms with E-state index in [4.69, 9.17) is 4.74 Å². The summed E-state index contributed by atoms with van der Waals surface area (Å²) in [5, 5.41) is 1.40. The van der Waals surface area contributed by atoms with E-state index in [9.17, 15) is 4.79 Å². The number of hydrogen-bond donors (Lipinski definition) is 0. The molecule has 0 bridgehead atoms. The number of allylic oxidation sites excluding steroid dienone is 4. The van der Waals surface area contributed by atoms with Crippen molar-refractivity contribution in [2.45, 2.75) is 39.0 Å². The minimum atomic E-state index is -0.359. The van der Waals surface area contributed by atoms with Crippen molar-refractivity contribution in [1.82, 2.24) is 0 Å². The molecule has 0 aromatic heterocycles. The second kappa shape index (κ2) is 9.67. The van der Waals surface area contributed by atoms with Gasteiger partial charge in [-0.15, -0.1) is 0 Å². The molecule has 2 aromatic rings. The topological polar surface area (TPSA) is 26.3 Å². The number of ketones is 1. The summed E-state index contributed by atoms with van der Waals surface area (Å²) in [6, 6.07) is 16.7. The van der Waals surface area contributed by atoms with Gasteiger partial charge in [-0.05, 0) is 61.3 Å². The Bertz CT molecular complexity index is 820. The third-order valence-electron chi connectivity index (χ3n) is 4.88. The minimum absolute atomic E-state index is 0.282. The van der Waals surface area contributed by atoms with Gasteiger partial charge in [0.05, 0.1) is 0 Å². The van der Waals surface area contributed by atoms with E-state index in [1.807, 2.05) is 44.2 Å². The highest BCUT2D eigenvalue weighted by molar-refractivity contribution is 7.67. The Morgan fingerprint density at radius 2 is 1.89 bits per heavy atom. The van der Waals surface area contributed by atoms with Crippen molar-refractivity contribution < 1.29 is 9.53 Å². The molecule has 0 fully saturated rings. The SMILES string of the molecule is C/C=C\C.O=C1C=CC2CCc3cc(OCc4ccccc4)ccc3P2C1. The van der Waals surface area contributed by atoms with Gasteiger partial charge in [-0.2, -0.15) is 0 Å². The molecule has 140 valence electrons. The summed E-state index contributed by atoms with van der Waals surface area (Å²) in [4.78, 5) is 11.8. The molecule has 2 aromatic carbocycles. The van der Waals surface area contributed by atoms with Crippen molar-refractivity contribution in [1.29, 1.82) is 0 Å². The molecular formula is C24H27O2P. The standard InChI is InChI=1S/C20H19O2P.C4H8/c21-17-7-10-19-9-6-16-12-18(8-11-20(16)23(19)14-17)22-13-15-4-2-1-3-5-15;1-3-4-2/h1-5,7-8,10-12,19H,6,9,13-14H2;3-4H,1-2H3/b;4-3-. The Balaban J connectivity index is 0.000000481. The first kappa shape index (κ1) is 19.6. The van der Waals surface area contributed by atoms with Crippen LogP contribution in [0.3, 0.4) is 0 Å². The lowest BCUT2D eigenvalue weighted by Crippen LogP contribution is -2.28. The van der Waals surface area contributed by atoms with Gasteiger partial charge < -0.3 is 4.74 Å². The second-order valence-corrected chi connectivity index (χ2v) is 9.19. The first-order valence-corrected chi connectivity index (χ1v) is 11.2. The van der Waals surface area contributed by atoms with Gasteiger partial charge in [0.2, 0.25) is 0 Å². The van der Waals surface area contributed by atoms with Gasteiger partial charge in [0, 0.05) is 11.8 Å². The number of rotatable bonds is 3. The average Bonchev–Trinajstić information content (AvgIpc) is 2.73.